The van der Waals surface area contributed by atoms with E-state index in [1.165, 1.54) is 13.8 Å². The van der Waals surface area contributed by atoms with Gasteiger partial charge in [0.05, 0.1) is 56.9 Å². The lowest BCUT2D eigenvalue weighted by molar-refractivity contribution is -0.390. The second-order valence-electron chi connectivity index (χ2n) is 28.6. The SMILES string of the molecule is C[C@H](CC[C@@H](O[C@@H]1O[C@H](CO)[C@@H](O)[C@H](O)[C@H]1O[C@H]1O[C@@H](CO)[C@H](O)[C@@H](OC2O[C@@H](CO)[C@H](O)[C@@H](O)[C@@H]2O)[C@@H]1O)C(C)(C)O)C1CC[C@@]2(C)C3CC=C4C(CC[C@H](O[C@@H]5O[C@H](CO)[C@@H](O)[C@H](O[C@@H]6O[C@H](CO)[C@@H](O)[C@H](O)[C@H]6O)[C@H]5O)C4(C)C)[C@]3(C)[C@H](O)C[C@]12C. The predicted molar refractivity (Wildman–Crippen MR) is 300 cm³/mol. The second-order valence-corrected chi connectivity index (χ2v) is 28.6. The van der Waals surface area contributed by atoms with E-state index in [2.05, 4.69) is 33.8 Å². The van der Waals surface area contributed by atoms with Gasteiger partial charge in [-0.2, -0.15) is 0 Å². The Morgan fingerprint density at radius 2 is 0.921 bits per heavy atom. The van der Waals surface area contributed by atoms with Crippen LogP contribution in [0.2, 0.25) is 0 Å². The molecular weight excluding hydrogens is 1180 g/mol. The molecule has 35 atom stereocenters. The molecule has 0 bridgehead atoms. The van der Waals surface area contributed by atoms with E-state index >= 15 is 0 Å². The smallest absolute Gasteiger partial charge is 0.187 e. The molecule has 9 rings (SSSR count). The fourth-order valence-corrected chi connectivity index (χ4v) is 17.2. The highest BCUT2D eigenvalue weighted by atomic mass is 16.8. The Bertz CT molecular complexity index is 2350. The molecule has 5 saturated heterocycles. The van der Waals surface area contributed by atoms with Crippen LogP contribution >= 0.6 is 0 Å². The molecule has 19 N–H and O–H groups in total. The zero-order chi connectivity index (χ0) is 65.5. The standard InChI is InChI=1S/C60H102O29/c1-23(9-13-35(57(4,5)79)86-55-50(43(74)38(69)29(20-63)84-55)89-54-47(78)49(40(71)31(22-65)83-54)88-52-45(76)42(73)37(68)28(19-62)81-52)24-15-16-58(6)32-12-10-25-26(60(32,8)33(66)17-59(24,58)7)11-14-34(56(25,2)3)85-53-46(77)48(39(70)30(21-64)82-53)87-51-44(75)41(72)36(67)27(18-61)80-51/h10,23-24,26-55,61-79H,9,11-22H2,1-8H3/t23-,24?,26?,27-,28+,29-,30-,31+,32?,33-,34+,35-,36-,37+,38-,39-,40+,41+,42-,43+,44-,45+,46-,47+,48+,49-,50-,51+,52?,53+,54-,55+,58+,59-,60+/m1/s1. The Hall–Kier alpha value is -1.42. The van der Waals surface area contributed by atoms with Crippen molar-refractivity contribution in [2.45, 2.75) is 284 Å². The summed E-state index contributed by atoms with van der Waals surface area (Å²) in [6.45, 7) is 12.1. The lowest BCUT2D eigenvalue weighted by atomic mass is 9.38. The topological polar surface area (TPSA) is 477 Å². The Kier molecular flexibility index (Phi) is 22.3. The van der Waals surface area contributed by atoms with Gasteiger partial charge in [-0.25, -0.2) is 0 Å². The average Bonchev–Trinajstić information content (AvgIpc) is 1.66. The molecule has 29 heteroatoms. The number of hydrogen-bond acceptors (Lipinski definition) is 29. The summed E-state index contributed by atoms with van der Waals surface area (Å²) < 4.78 is 59.5. The van der Waals surface area contributed by atoms with Gasteiger partial charge in [0.1, 0.15) is 122 Å². The van der Waals surface area contributed by atoms with Gasteiger partial charge in [-0.15, -0.1) is 0 Å². The normalized spacial score (nSPS) is 51.8. The molecule has 516 valence electrons. The molecule has 0 aromatic rings. The summed E-state index contributed by atoms with van der Waals surface area (Å²) in [5, 5.41) is 206. The summed E-state index contributed by atoms with van der Waals surface area (Å²) in [6, 6.07) is 0. The van der Waals surface area contributed by atoms with E-state index in [9.17, 15) is 97.0 Å². The summed E-state index contributed by atoms with van der Waals surface area (Å²) in [4.78, 5) is 0. The quantitative estimate of drug-likeness (QED) is 0.0506. The van der Waals surface area contributed by atoms with Crippen molar-refractivity contribution >= 4 is 0 Å². The molecule has 0 radical (unpaired) electrons. The van der Waals surface area contributed by atoms with Crippen molar-refractivity contribution in [1.82, 2.24) is 0 Å². The third kappa shape index (κ3) is 12.8. The summed E-state index contributed by atoms with van der Waals surface area (Å²) in [6.07, 6.45) is -38.4. The van der Waals surface area contributed by atoms with Crippen LogP contribution < -0.4 is 0 Å². The van der Waals surface area contributed by atoms with Crippen molar-refractivity contribution in [1.29, 1.82) is 0 Å². The van der Waals surface area contributed by atoms with Crippen molar-refractivity contribution in [3.63, 3.8) is 0 Å². The summed E-state index contributed by atoms with van der Waals surface area (Å²) in [5.74, 6) is 0.00328. The highest BCUT2D eigenvalue weighted by Gasteiger charge is 2.71. The van der Waals surface area contributed by atoms with Gasteiger partial charge in [0.25, 0.3) is 0 Å². The number of rotatable bonds is 20. The lowest BCUT2D eigenvalue weighted by Gasteiger charge is -2.67. The van der Waals surface area contributed by atoms with E-state index in [4.69, 9.17) is 47.4 Å². The first kappa shape index (κ1) is 71.9. The van der Waals surface area contributed by atoms with Crippen molar-refractivity contribution in [2.24, 2.45) is 45.3 Å². The molecule has 89 heavy (non-hydrogen) atoms. The largest absolute Gasteiger partial charge is 0.394 e. The predicted octanol–water partition coefficient (Wildman–Crippen LogP) is -5.41. The van der Waals surface area contributed by atoms with Crippen LogP contribution in [-0.4, -0.2) is 308 Å². The minimum absolute atomic E-state index is 0.0238. The molecule has 4 unspecified atom stereocenters. The van der Waals surface area contributed by atoms with Crippen molar-refractivity contribution in [2.75, 3.05) is 33.0 Å². The van der Waals surface area contributed by atoms with Crippen LogP contribution in [0.1, 0.15) is 107 Å². The molecular formula is C60H102O29. The third-order valence-electron chi connectivity index (χ3n) is 22.9. The van der Waals surface area contributed by atoms with Crippen LogP contribution in [-0.2, 0) is 47.4 Å². The zero-order valence-corrected chi connectivity index (χ0v) is 51.8. The van der Waals surface area contributed by atoms with E-state index in [0.29, 0.717) is 32.1 Å². The number of allylic oxidation sites excluding steroid dienone is 1. The Morgan fingerprint density at radius 3 is 1.39 bits per heavy atom. The first-order valence-electron chi connectivity index (χ1n) is 31.6. The monoisotopic (exact) mass is 1290 g/mol. The van der Waals surface area contributed by atoms with Crippen molar-refractivity contribution in [3.8, 4) is 0 Å². The molecule has 5 aliphatic heterocycles. The fourth-order valence-electron chi connectivity index (χ4n) is 17.2. The lowest BCUT2D eigenvalue weighted by Crippen LogP contribution is -2.67. The molecule has 0 amide bonds. The third-order valence-corrected chi connectivity index (χ3v) is 22.9. The highest BCUT2D eigenvalue weighted by Crippen LogP contribution is 2.75. The molecule has 0 spiro atoms. The first-order chi connectivity index (χ1) is 41.7. The van der Waals surface area contributed by atoms with E-state index in [1.807, 2.05) is 13.8 Å². The van der Waals surface area contributed by atoms with Crippen LogP contribution in [0.4, 0.5) is 0 Å². The maximum atomic E-state index is 12.8. The zero-order valence-electron chi connectivity index (χ0n) is 51.8. The molecule has 9 aliphatic rings. The maximum absolute atomic E-state index is 12.8. The van der Waals surface area contributed by atoms with Gasteiger partial charge in [0, 0.05) is 10.8 Å². The molecule has 0 aromatic carbocycles. The number of aliphatic hydroxyl groups excluding tert-OH is 18. The van der Waals surface area contributed by atoms with Crippen LogP contribution in [0.3, 0.4) is 0 Å². The minimum Gasteiger partial charge on any atom is -0.394 e. The molecule has 4 aliphatic carbocycles. The molecule has 0 aromatic heterocycles. The van der Waals surface area contributed by atoms with Gasteiger partial charge in [-0.1, -0.05) is 53.2 Å². The van der Waals surface area contributed by atoms with Crippen LogP contribution in [0.25, 0.3) is 0 Å². The first-order valence-corrected chi connectivity index (χ1v) is 31.6. The molecule has 5 heterocycles. The van der Waals surface area contributed by atoms with E-state index < -0.39 is 221 Å². The number of fused-ring (bicyclic) bond motifs is 5. The van der Waals surface area contributed by atoms with Gasteiger partial charge in [-0.05, 0) is 99.7 Å². The van der Waals surface area contributed by atoms with Crippen LogP contribution in [0, 0.1) is 45.3 Å². The van der Waals surface area contributed by atoms with Gasteiger partial charge in [0.2, 0.25) is 0 Å². The Balaban J connectivity index is 0.879. The summed E-state index contributed by atoms with van der Waals surface area (Å²) >= 11 is 0. The molecule has 8 fully saturated rings. The maximum Gasteiger partial charge on any atom is 0.187 e. The van der Waals surface area contributed by atoms with Gasteiger partial charge in [-0.3, -0.25) is 0 Å². The number of hydrogen-bond donors (Lipinski definition) is 19. The number of ether oxygens (including phenoxy) is 10. The van der Waals surface area contributed by atoms with Crippen LogP contribution in [0.15, 0.2) is 11.6 Å². The summed E-state index contributed by atoms with van der Waals surface area (Å²) in [5.41, 5.74) is -2.47. The fraction of sp³-hybridized carbons (Fsp3) is 0.967. The van der Waals surface area contributed by atoms with E-state index in [1.54, 1.807) is 0 Å². The van der Waals surface area contributed by atoms with E-state index in [-0.39, 0.29) is 40.9 Å². The van der Waals surface area contributed by atoms with Gasteiger partial charge >= 0.3 is 0 Å². The van der Waals surface area contributed by atoms with Crippen molar-refractivity contribution in [3.05, 3.63) is 11.6 Å². The van der Waals surface area contributed by atoms with Crippen molar-refractivity contribution < 1.29 is 144 Å². The van der Waals surface area contributed by atoms with E-state index in [0.717, 1.165) is 18.4 Å². The second kappa shape index (κ2) is 27.6. The van der Waals surface area contributed by atoms with Crippen LogP contribution in [0.5, 0.6) is 0 Å². The highest BCUT2D eigenvalue weighted by molar-refractivity contribution is 5.32. The Labute approximate surface area is 517 Å². The minimum atomic E-state index is -2.04. The molecule has 3 saturated carbocycles. The Morgan fingerprint density at radius 1 is 0.494 bits per heavy atom. The van der Waals surface area contributed by atoms with Gasteiger partial charge < -0.3 is 144 Å². The summed E-state index contributed by atoms with van der Waals surface area (Å²) in [7, 11) is 0. The molecule has 29 nitrogen and oxygen atoms in total. The number of aliphatic hydroxyl groups is 19. The van der Waals surface area contributed by atoms with Gasteiger partial charge in [0.15, 0.2) is 31.5 Å². The average molecular weight is 1290 g/mol.